The molecule has 1 aliphatic carbocycles. The van der Waals surface area contributed by atoms with Crippen LogP contribution in [0.1, 0.15) is 33.1 Å². The van der Waals surface area contributed by atoms with Crippen molar-refractivity contribution in [3.8, 4) is 0 Å². The molecule has 2 aliphatic heterocycles. The highest BCUT2D eigenvalue weighted by atomic mass is 19.3. The van der Waals surface area contributed by atoms with E-state index in [1.165, 1.54) is 0 Å². The lowest BCUT2D eigenvalue weighted by Crippen LogP contribution is -2.55. The van der Waals surface area contributed by atoms with Gasteiger partial charge in [0, 0.05) is 25.5 Å². The maximum Gasteiger partial charge on any atom is 0.254 e. The van der Waals surface area contributed by atoms with E-state index in [9.17, 15) is 8.78 Å². The van der Waals surface area contributed by atoms with Crippen LogP contribution in [0.15, 0.2) is 0 Å². The third-order valence-corrected chi connectivity index (χ3v) is 4.85. The molecule has 0 aromatic carbocycles. The Morgan fingerprint density at radius 3 is 2.05 bits per heavy atom. The third-order valence-electron chi connectivity index (χ3n) is 4.85. The van der Waals surface area contributed by atoms with E-state index in [-0.39, 0.29) is 11.8 Å². The average molecular weight is 291 g/mol. The summed E-state index contributed by atoms with van der Waals surface area (Å²) in [5.74, 6) is -2.39. The SMILES string of the molecule is CC.COCC1(CN2CCC3(CC2)CC3(F)F)COC1. The Balaban J connectivity index is 0.000000704. The molecule has 20 heavy (non-hydrogen) atoms. The zero-order chi connectivity index (χ0) is 14.9. The van der Waals surface area contributed by atoms with Crippen molar-refractivity contribution in [1.82, 2.24) is 4.90 Å². The molecule has 0 unspecified atom stereocenters. The molecule has 0 bridgehead atoms. The smallest absolute Gasteiger partial charge is 0.254 e. The molecule has 1 saturated carbocycles. The number of likely N-dealkylation sites (tertiary alicyclic amines) is 1. The minimum atomic E-state index is -2.39. The lowest BCUT2D eigenvalue weighted by atomic mass is 9.84. The fraction of sp³-hybridized carbons (Fsp3) is 1.00. The van der Waals surface area contributed by atoms with Gasteiger partial charge in [-0.25, -0.2) is 8.78 Å². The number of rotatable bonds is 4. The second kappa shape index (κ2) is 5.85. The fourth-order valence-corrected chi connectivity index (χ4v) is 3.45. The van der Waals surface area contributed by atoms with Crippen LogP contribution < -0.4 is 0 Å². The Labute approximate surface area is 120 Å². The van der Waals surface area contributed by atoms with Gasteiger partial charge in [-0.15, -0.1) is 0 Å². The molecule has 0 aromatic heterocycles. The summed E-state index contributed by atoms with van der Waals surface area (Å²) in [6.45, 7) is 8.67. The van der Waals surface area contributed by atoms with E-state index in [2.05, 4.69) is 4.90 Å². The topological polar surface area (TPSA) is 21.7 Å². The van der Waals surface area contributed by atoms with Crippen molar-refractivity contribution in [3.05, 3.63) is 0 Å². The van der Waals surface area contributed by atoms with Crippen molar-refractivity contribution in [2.24, 2.45) is 10.8 Å². The minimum absolute atomic E-state index is 0.103. The molecule has 3 nitrogen and oxygen atoms in total. The predicted octanol–water partition coefficient (Wildman–Crippen LogP) is 2.80. The van der Waals surface area contributed by atoms with Gasteiger partial charge in [0.05, 0.1) is 25.2 Å². The number of methoxy groups -OCH3 is 1. The number of halogens is 2. The van der Waals surface area contributed by atoms with Gasteiger partial charge in [0.15, 0.2) is 0 Å². The van der Waals surface area contributed by atoms with Crippen LogP contribution in [0.25, 0.3) is 0 Å². The monoisotopic (exact) mass is 291 g/mol. The first-order chi connectivity index (χ1) is 9.51. The van der Waals surface area contributed by atoms with E-state index in [1.54, 1.807) is 7.11 Å². The summed E-state index contributed by atoms with van der Waals surface area (Å²) in [4.78, 5) is 2.31. The second-order valence-corrected chi connectivity index (χ2v) is 6.36. The molecule has 118 valence electrons. The lowest BCUT2D eigenvalue weighted by Gasteiger charge is -2.45. The maximum atomic E-state index is 13.3. The minimum Gasteiger partial charge on any atom is -0.384 e. The molecular formula is C15H27F2NO2. The Morgan fingerprint density at radius 2 is 1.70 bits per heavy atom. The molecule has 0 atom stereocenters. The van der Waals surface area contributed by atoms with Crippen molar-refractivity contribution < 1.29 is 18.3 Å². The van der Waals surface area contributed by atoms with Gasteiger partial charge in [-0.05, 0) is 25.9 Å². The first-order valence-electron chi connectivity index (χ1n) is 7.68. The van der Waals surface area contributed by atoms with Gasteiger partial charge in [-0.2, -0.15) is 0 Å². The van der Waals surface area contributed by atoms with Gasteiger partial charge in [0.2, 0.25) is 0 Å². The second-order valence-electron chi connectivity index (χ2n) is 6.36. The summed E-state index contributed by atoms with van der Waals surface area (Å²) in [6.07, 6.45) is 1.40. The molecule has 3 rings (SSSR count). The fourth-order valence-electron chi connectivity index (χ4n) is 3.45. The molecule has 5 heteroatoms. The van der Waals surface area contributed by atoms with Crippen LogP contribution in [0, 0.1) is 10.8 Å². The van der Waals surface area contributed by atoms with Crippen LogP contribution in [-0.4, -0.2) is 57.4 Å². The van der Waals surface area contributed by atoms with Crippen molar-refractivity contribution in [2.45, 2.75) is 39.0 Å². The third kappa shape index (κ3) is 2.85. The van der Waals surface area contributed by atoms with Gasteiger partial charge in [0.1, 0.15) is 0 Å². The molecule has 0 N–H and O–H groups in total. The molecule has 3 fully saturated rings. The van der Waals surface area contributed by atoms with Gasteiger partial charge >= 0.3 is 0 Å². The molecule has 0 radical (unpaired) electrons. The number of ether oxygens (including phenoxy) is 2. The highest BCUT2D eigenvalue weighted by molar-refractivity contribution is 5.12. The summed E-state index contributed by atoms with van der Waals surface area (Å²) in [6, 6.07) is 0. The first-order valence-corrected chi connectivity index (χ1v) is 7.68. The predicted molar refractivity (Wildman–Crippen MR) is 74.1 cm³/mol. The van der Waals surface area contributed by atoms with E-state index in [4.69, 9.17) is 9.47 Å². The highest BCUT2D eigenvalue weighted by Crippen LogP contribution is 2.65. The maximum absolute atomic E-state index is 13.3. The molecule has 0 amide bonds. The molecular weight excluding hydrogens is 264 g/mol. The van der Waals surface area contributed by atoms with Crippen LogP contribution in [0.2, 0.25) is 0 Å². The quantitative estimate of drug-likeness (QED) is 0.795. The van der Waals surface area contributed by atoms with E-state index in [1.807, 2.05) is 13.8 Å². The molecule has 2 heterocycles. The number of alkyl halides is 2. The summed E-state index contributed by atoms with van der Waals surface area (Å²) < 4.78 is 37.1. The van der Waals surface area contributed by atoms with Crippen molar-refractivity contribution in [1.29, 1.82) is 0 Å². The van der Waals surface area contributed by atoms with Crippen molar-refractivity contribution >= 4 is 0 Å². The van der Waals surface area contributed by atoms with Crippen molar-refractivity contribution in [2.75, 3.05) is 46.6 Å². The van der Waals surface area contributed by atoms with Crippen LogP contribution in [0.3, 0.4) is 0 Å². The van der Waals surface area contributed by atoms with Crippen molar-refractivity contribution in [3.63, 3.8) is 0 Å². The van der Waals surface area contributed by atoms with Crippen LogP contribution in [-0.2, 0) is 9.47 Å². The van der Waals surface area contributed by atoms with E-state index in [0.29, 0.717) is 19.4 Å². The number of hydrogen-bond acceptors (Lipinski definition) is 3. The zero-order valence-corrected chi connectivity index (χ0v) is 12.9. The Morgan fingerprint density at radius 1 is 1.15 bits per heavy atom. The summed E-state index contributed by atoms with van der Waals surface area (Å²) in [7, 11) is 1.70. The normalized spacial score (nSPS) is 29.2. The van der Waals surface area contributed by atoms with Crippen LogP contribution >= 0.6 is 0 Å². The number of piperidine rings is 1. The lowest BCUT2D eigenvalue weighted by molar-refractivity contribution is -0.156. The number of nitrogens with zero attached hydrogens (tertiary/aromatic N) is 1. The molecule has 2 saturated heterocycles. The summed E-state index contributed by atoms with van der Waals surface area (Å²) in [5.41, 5.74) is -0.542. The van der Waals surface area contributed by atoms with Gasteiger partial charge in [-0.1, -0.05) is 13.8 Å². The van der Waals surface area contributed by atoms with Gasteiger partial charge in [-0.3, -0.25) is 0 Å². The zero-order valence-electron chi connectivity index (χ0n) is 12.9. The average Bonchev–Trinajstić information content (AvgIpc) is 2.93. The molecule has 0 aromatic rings. The van der Waals surface area contributed by atoms with Gasteiger partial charge < -0.3 is 14.4 Å². The van der Waals surface area contributed by atoms with Crippen LogP contribution in [0.5, 0.6) is 0 Å². The van der Waals surface area contributed by atoms with E-state index in [0.717, 1.165) is 32.8 Å². The molecule has 1 spiro atoms. The molecule has 3 aliphatic rings. The van der Waals surface area contributed by atoms with Gasteiger partial charge in [0.25, 0.3) is 5.92 Å². The number of hydrogen-bond donors (Lipinski definition) is 0. The summed E-state index contributed by atoms with van der Waals surface area (Å²) >= 11 is 0. The van der Waals surface area contributed by atoms with E-state index < -0.39 is 11.3 Å². The first kappa shape index (κ1) is 16.1. The Bertz CT molecular complexity index is 324. The largest absolute Gasteiger partial charge is 0.384 e. The van der Waals surface area contributed by atoms with E-state index >= 15 is 0 Å². The van der Waals surface area contributed by atoms with Crippen LogP contribution in [0.4, 0.5) is 8.78 Å². The Kier molecular flexibility index (Phi) is 4.72. The summed E-state index contributed by atoms with van der Waals surface area (Å²) in [5, 5.41) is 0. The highest BCUT2D eigenvalue weighted by Gasteiger charge is 2.70. The standard InChI is InChI=1S/C13H21F2NO2.C2H6/c1-17-8-11(9-18-10-11)7-16-4-2-12(3-5-16)6-13(12,14)15;1-2/h2-10H2,1H3;1-2H3. The Hall–Kier alpha value is -0.260.